The Hall–Kier alpha value is -1.82. The van der Waals surface area contributed by atoms with Crippen LogP contribution >= 0.6 is 0 Å². The molecule has 2 rings (SSSR count). The smallest absolute Gasteiger partial charge is 0.407 e. The number of carbonyl (C=O) groups is 1. The molecule has 0 unspecified atom stereocenters. The van der Waals surface area contributed by atoms with Crippen molar-refractivity contribution in [2.45, 2.75) is 6.10 Å². The maximum absolute atomic E-state index is 13.6. The monoisotopic (exact) mass is 240 g/mol. The maximum atomic E-state index is 13.6. The van der Waals surface area contributed by atoms with Gasteiger partial charge in [-0.15, -0.1) is 0 Å². The van der Waals surface area contributed by atoms with Crippen LogP contribution < -0.4 is 5.73 Å². The molecular weight excluding hydrogens is 227 g/mol. The number of hydrogen-bond donors (Lipinski definition) is 2. The Morgan fingerprint density at radius 3 is 3.00 bits per heavy atom. The van der Waals surface area contributed by atoms with E-state index in [4.69, 9.17) is 15.6 Å². The lowest BCUT2D eigenvalue weighted by atomic mass is 10.1. The number of morpholine rings is 1. The third-order valence-electron chi connectivity index (χ3n) is 2.71. The number of anilines is 1. The standard InChI is InChI=1S/C11H13FN2O3/c12-9-5-7(13)1-2-8(9)10-6-14(11(15)16)3-4-17-10/h1-2,5,10H,3-4,6,13H2,(H,15,16)/t10-/m0/s1. The van der Waals surface area contributed by atoms with Crippen LogP contribution in [0.3, 0.4) is 0 Å². The third kappa shape index (κ3) is 2.47. The normalized spacial score (nSPS) is 20.3. The zero-order valence-corrected chi connectivity index (χ0v) is 9.10. The molecule has 0 radical (unpaired) electrons. The maximum Gasteiger partial charge on any atom is 0.407 e. The van der Waals surface area contributed by atoms with Crippen molar-refractivity contribution < 1.29 is 19.0 Å². The van der Waals surface area contributed by atoms with Gasteiger partial charge in [0.1, 0.15) is 11.9 Å². The molecule has 6 heteroatoms. The Kier molecular flexibility index (Phi) is 3.14. The van der Waals surface area contributed by atoms with Crippen LogP contribution in [0.15, 0.2) is 18.2 Å². The van der Waals surface area contributed by atoms with Gasteiger partial charge < -0.3 is 20.5 Å². The molecule has 5 nitrogen and oxygen atoms in total. The van der Waals surface area contributed by atoms with E-state index in [1.807, 2.05) is 0 Å². The molecular formula is C11H13FN2O3. The predicted octanol–water partition coefficient (Wildman–Crippen LogP) is 1.46. The van der Waals surface area contributed by atoms with E-state index in [2.05, 4.69) is 0 Å². The van der Waals surface area contributed by atoms with Gasteiger partial charge in [0.2, 0.25) is 0 Å². The second-order valence-corrected chi connectivity index (χ2v) is 3.87. The minimum absolute atomic E-state index is 0.135. The molecule has 1 heterocycles. The van der Waals surface area contributed by atoms with E-state index in [-0.39, 0.29) is 13.2 Å². The first-order valence-corrected chi connectivity index (χ1v) is 5.22. The molecule has 0 spiro atoms. The Balaban J connectivity index is 2.19. The van der Waals surface area contributed by atoms with Crippen molar-refractivity contribution in [1.82, 2.24) is 4.90 Å². The van der Waals surface area contributed by atoms with Gasteiger partial charge in [0, 0.05) is 17.8 Å². The summed E-state index contributed by atoms with van der Waals surface area (Å²) >= 11 is 0. The molecule has 1 atom stereocenters. The summed E-state index contributed by atoms with van der Waals surface area (Å²) in [4.78, 5) is 12.0. The molecule has 1 aromatic rings. The number of rotatable bonds is 1. The van der Waals surface area contributed by atoms with Crippen molar-refractivity contribution in [3.05, 3.63) is 29.6 Å². The summed E-state index contributed by atoms with van der Waals surface area (Å²) in [5, 5.41) is 8.87. The Labute approximate surface area is 97.6 Å². The van der Waals surface area contributed by atoms with E-state index in [1.165, 1.54) is 17.0 Å². The van der Waals surface area contributed by atoms with E-state index in [1.54, 1.807) is 6.07 Å². The summed E-state index contributed by atoms with van der Waals surface area (Å²) in [5.74, 6) is -0.470. The summed E-state index contributed by atoms with van der Waals surface area (Å²) in [6, 6.07) is 4.31. The fourth-order valence-electron chi connectivity index (χ4n) is 1.82. The second kappa shape index (κ2) is 4.58. The molecule has 1 saturated heterocycles. The number of ether oxygens (including phenoxy) is 1. The average Bonchev–Trinajstić information content (AvgIpc) is 2.29. The minimum atomic E-state index is -1.02. The minimum Gasteiger partial charge on any atom is -0.465 e. The van der Waals surface area contributed by atoms with Crippen LogP contribution in [0.5, 0.6) is 0 Å². The van der Waals surface area contributed by atoms with Crippen LogP contribution in [0.1, 0.15) is 11.7 Å². The fraction of sp³-hybridized carbons (Fsp3) is 0.364. The van der Waals surface area contributed by atoms with E-state index in [9.17, 15) is 9.18 Å². The van der Waals surface area contributed by atoms with Gasteiger partial charge in [0.05, 0.1) is 13.2 Å². The first-order valence-electron chi connectivity index (χ1n) is 5.22. The molecule has 1 aromatic carbocycles. The fourth-order valence-corrected chi connectivity index (χ4v) is 1.82. The molecule has 1 aliphatic rings. The van der Waals surface area contributed by atoms with Gasteiger partial charge in [0.25, 0.3) is 0 Å². The zero-order chi connectivity index (χ0) is 12.4. The lowest BCUT2D eigenvalue weighted by Gasteiger charge is -2.31. The van der Waals surface area contributed by atoms with Gasteiger partial charge >= 0.3 is 6.09 Å². The van der Waals surface area contributed by atoms with E-state index in [0.29, 0.717) is 17.8 Å². The average molecular weight is 240 g/mol. The molecule has 0 aromatic heterocycles. The van der Waals surface area contributed by atoms with Crippen molar-refractivity contribution in [3.63, 3.8) is 0 Å². The highest BCUT2D eigenvalue weighted by molar-refractivity contribution is 5.65. The summed E-state index contributed by atoms with van der Waals surface area (Å²) in [6.45, 7) is 0.708. The number of amides is 1. The van der Waals surface area contributed by atoms with Crippen LogP contribution in [0.4, 0.5) is 14.9 Å². The summed E-state index contributed by atoms with van der Waals surface area (Å²) in [6.07, 6.45) is -1.59. The van der Waals surface area contributed by atoms with Crippen LogP contribution in [0.2, 0.25) is 0 Å². The van der Waals surface area contributed by atoms with Crippen LogP contribution in [-0.4, -0.2) is 35.8 Å². The zero-order valence-electron chi connectivity index (χ0n) is 9.10. The lowest BCUT2D eigenvalue weighted by Crippen LogP contribution is -2.41. The number of halogens is 1. The van der Waals surface area contributed by atoms with Crippen molar-refractivity contribution in [1.29, 1.82) is 0 Å². The first-order chi connectivity index (χ1) is 8.08. The molecule has 17 heavy (non-hydrogen) atoms. The molecule has 1 fully saturated rings. The van der Waals surface area contributed by atoms with Gasteiger partial charge in [-0.3, -0.25) is 0 Å². The number of nitrogens with zero attached hydrogens (tertiary/aromatic N) is 1. The number of nitrogens with two attached hydrogens (primary N) is 1. The van der Waals surface area contributed by atoms with Gasteiger partial charge in [-0.1, -0.05) is 6.07 Å². The number of carboxylic acid groups (broad SMARTS) is 1. The quantitative estimate of drug-likeness (QED) is 0.728. The predicted molar refractivity (Wildman–Crippen MR) is 59.1 cm³/mol. The number of hydrogen-bond acceptors (Lipinski definition) is 3. The second-order valence-electron chi connectivity index (χ2n) is 3.87. The van der Waals surface area contributed by atoms with Crippen molar-refractivity contribution >= 4 is 11.8 Å². The highest BCUT2D eigenvalue weighted by Crippen LogP contribution is 2.25. The number of benzene rings is 1. The molecule has 0 saturated carbocycles. The van der Waals surface area contributed by atoms with Crippen molar-refractivity contribution in [2.75, 3.05) is 25.4 Å². The Morgan fingerprint density at radius 2 is 2.35 bits per heavy atom. The molecule has 0 bridgehead atoms. The topological polar surface area (TPSA) is 75.8 Å². The van der Waals surface area contributed by atoms with Gasteiger partial charge in [-0.2, -0.15) is 0 Å². The van der Waals surface area contributed by atoms with Gasteiger partial charge in [-0.25, -0.2) is 9.18 Å². The third-order valence-corrected chi connectivity index (χ3v) is 2.71. The summed E-state index contributed by atoms with van der Waals surface area (Å²) in [7, 11) is 0. The SMILES string of the molecule is Nc1ccc([C@@H]2CN(C(=O)O)CCO2)c(F)c1. The van der Waals surface area contributed by atoms with E-state index >= 15 is 0 Å². The molecule has 92 valence electrons. The molecule has 1 amide bonds. The summed E-state index contributed by atoms with van der Waals surface area (Å²) < 4.78 is 19.0. The van der Waals surface area contributed by atoms with Gasteiger partial charge in [-0.05, 0) is 12.1 Å². The number of nitrogen functional groups attached to an aromatic ring is 1. The largest absolute Gasteiger partial charge is 0.465 e. The van der Waals surface area contributed by atoms with Crippen LogP contribution in [0.25, 0.3) is 0 Å². The lowest BCUT2D eigenvalue weighted by molar-refractivity contribution is -0.0247. The molecule has 0 aliphatic carbocycles. The Morgan fingerprint density at radius 1 is 1.59 bits per heavy atom. The summed E-state index contributed by atoms with van der Waals surface area (Å²) in [5.41, 5.74) is 6.12. The van der Waals surface area contributed by atoms with Gasteiger partial charge in [0.15, 0.2) is 0 Å². The van der Waals surface area contributed by atoms with Crippen LogP contribution in [-0.2, 0) is 4.74 Å². The van der Waals surface area contributed by atoms with Crippen molar-refractivity contribution in [2.24, 2.45) is 0 Å². The Bertz CT molecular complexity index is 439. The molecule has 3 N–H and O–H groups in total. The van der Waals surface area contributed by atoms with E-state index < -0.39 is 18.0 Å². The van der Waals surface area contributed by atoms with Crippen LogP contribution in [0, 0.1) is 5.82 Å². The highest BCUT2D eigenvalue weighted by atomic mass is 19.1. The highest BCUT2D eigenvalue weighted by Gasteiger charge is 2.26. The first kappa shape index (κ1) is 11.7. The van der Waals surface area contributed by atoms with E-state index in [0.717, 1.165) is 0 Å². The molecule has 1 aliphatic heterocycles. The van der Waals surface area contributed by atoms with Crippen molar-refractivity contribution in [3.8, 4) is 0 Å².